The molecule has 0 heterocycles. The van der Waals surface area contributed by atoms with E-state index in [0.717, 1.165) is 28.3 Å². The van der Waals surface area contributed by atoms with Crippen LogP contribution < -0.4 is 20.1 Å². The van der Waals surface area contributed by atoms with E-state index in [4.69, 9.17) is 9.47 Å². The molecule has 9 heteroatoms. The molecule has 2 amide bonds. The third kappa shape index (κ3) is 7.68. The van der Waals surface area contributed by atoms with Crippen LogP contribution in [-0.4, -0.2) is 30.0 Å². The van der Waals surface area contributed by atoms with Crippen LogP contribution in [0.5, 0.6) is 11.5 Å². The van der Waals surface area contributed by atoms with E-state index in [9.17, 15) is 19.2 Å². The van der Waals surface area contributed by atoms with Crippen LogP contribution in [0.3, 0.4) is 0 Å². The molecule has 3 aromatic rings. The van der Waals surface area contributed by atoms with Crippen LogP contribution in [0.25, 0.3) is 0 Å². The van der Waals surface area contributed by atoms with Crippen molar-refractivity contribution in [2.45, 2.75) is 18.4 Å². The van der Waals surface area contributed by atoms with Crippen LogP contribution in [0.2, 0.25) is 0 Å². The average Bonchev–Trinajstić information content (AvgIpc) is 2.91. The Morgan fingerprint density at radius 2 is 1.42 bits per heavy atom. The smallest absolute Gasteiger partial charge is 0.262 e. The lowest BCUT2D eigenvalue weighted by Gasteiger charge is -2.14. The molecule has 0 aromatic heterocycles. The summed E-state index contributed by atoms with van der Waals surface area (Å²) in [5.41, 5.74) is 1.56. The van der Waals surface area contributed by atoms with E-state index in [1.54, 1.807) is 48.5 Å². The molecule has 1 aliphatic rings. The van der Waals surface area contributed by atoms with Crippen molar-refractivity contribution in [3.05, 3.63) is 107 Å². The zero-order valence-electron chi connectivity index (χ0n) is 20.4. The molecular formula is C29H24N2O6S. The van der Waals surface area contributed by atoms with E-state index in [2.05, 4.69) is 10.6 Å². The van der Waals surface area contributed by atoms with Gasteiger partial charge >= 0.3 is 0 Å². The van der Waals surface area contributed by atoms with Crippen LogP contribution in [-0.2, 0) is 25.8 Å². The number of benzene rings is 3. The Morgan fingerprint density at radius 1 is 0.763 bits per heavy atom. The Balaban J connectivity index is 1.24. The molecular weight excluding hydrogens is 504 g/mol. The Hall–Kier alpha value is -4.63. The maximum absolute atomic E-state index is 12.5. The van der Waals surface area contributed by atoms with E-state index in [0.29, 0.717) is 23.8 Å². The molecule has 0 atom stereocenters. The largest absolute Gasteiger partial charge is 0.489 e. The summed E-state index contributed by atoms with van der Waals surface area (Å²) in [5.74, 6) is -0.534. The highest BCUT2D eigenvalue weighted by Crippen LogP contribution is 2.30. The molecule has 0 saturated heterocycles. The summed E-state index contributed by atoms with van der Waals surface area (Å²) >= 11 is 1.12. The van der Waals surface area contributed by atoms with Gasteiger partial charge in [-0.2, -0.15) is 0 Å². The number of carbonyl (C=O) groups excluding carboxylic acids is 4. The maximum Gasteiger partial charge on any atom is 0.262 e. The summed E-state index contributed by atoms with van der Waals surface area (Å²) in [4.78, 5) is 49.4. The second-order valence-corrected chi connectivity index (χ2v) is 9.30. The van der Waals surface area contributed by atoms with Crippen molar-refractivity contribution < 1.29 is 28.7 Å². The second kappa shape index (κ2) is 12.6. The molecule has 0 saturated carbocycles. The summed E-state index contributed by atoms with van der Waals surface area (Å²) in [6.45, 7) is 1.51. The zero-order chi connectivity index (χ0) is 26.9. The summed E-state index contributed by atoms with van der Waals surface area (Å²) < 4.78 is 11.2. The van der Waals surface area contributed by atoms with Gasteiger partial charge in [0.15, 0.2) is 12.4 Å². The van der Waals surface area contributed by atoms with Gasteiger partial charge in [-0.05, 0) is 54.1 Å². The van der Waals surface area contributed by atoms with Gasteiger partial charge in [0.25, 0.3) is 5.91 Å². The van der Waals surface area contributed by atoms with Gasteiger partial charge in [-0.3, -0.25) is 19.2 Å². The molecule has 0 unspecified atom stereocenters. The summed E-state index contributed by atoms with van der Waals surface area (Å²) in [6, 6.07) is 23.5. The van der Waals surface area contributed by atoms with E-state index in [-0.39, 0.29) is 23.1 Å². The lowest BCUT2D eigenvalue weighted by molar-refractivity contribution is -0.124. The first-order chi connectivity index (χ1) is 18.4. The fourth-order valence-corrected chi connectivity index (χ4v) is 4.22. The summed E-state index contributed by atoms with van der Waals surface area (Å²) in [7, 11) is 0. The topological polar surface area (TPSA) is 111 Å². The van der Waals surface area contributed by atoms with Crippen LogP contribution in [0.1, 0.15) is 12.5 Å². The lowest BCUT2D eigenvalue weighted by Crippen LogP contribution is -2.33. The molecule has 0 spiro atoms. The molecule has 3 aromatic carbocycles. The molecule has 0 radical (unpaired) electrons. The van der Waals surface area contributed by atoms with Crippen LogP contribution in [0, 0.1) is 0 Å². The molecule has 38 heavy (non-hydrogen) atoms. The second-order valence-electron chi connectivity index (χ2n) is 8.19. The summed E-state index contributed by atoms with van der Waals surface area (Å²) in [6.07, 6.45) is 2.30. The van der Waals surface area contributed by atoms with Gasteiger partial charge in [0.1, 0.15) is 18.1 Å². The Kier molecular flexibility index (Phi) is 8.73. The zero-order valence-corrected chi connectivity index (χ0v) is 21.2. The fourth-order valence-electron chi connectivity index (χ4n) is 3.36. The van der Waals surface area contributed by atoms with Gasteiger partial charge in [-0.15, -0.1) is 0 Å². The summed E-state index contributed by atoms with van der Waals surface area (Å²) in [5, 5.41) is 5.10. The number of thioether (sulfide) groups is 1. The van der Waals surface area contributed by atoms with Gasteiger partial charge < -0.3 is 20.1 Å². The molecule has 192 valence electrons. The normalized spacial score (nSPS) is 12.8. The highest BCUT2D eigenvalue weighted by Gasteiger charge is 2.22. The number of anilines is 1. The van der Waals surface area contributed by atoms with Crippen molar-refractivity contribution >= 4 is 40.8 Å². The quantitative estimate of drug-likeness (QED) is 0.375. The number of rotatable bonds is 10. The number of amides is 2. The first-order valence-corrected chi connectivity index (χ1v) is 12.4. The van der Waals surface area contributed by atoms with Crippen LogP contribution in [0.15, 0.2) is 107 Å². The Labute approximate surface area is 223 Å². The fraction of sp³-hybridized carbons (Fsp3) is 0.103. The van der Waals surface area contributed by atoms with E-state index >= 15 is 0 Å². The van der Waals surface area contributed by atoms with E-state index < -0.39 is 17.5 Å². The number of nitrogens with one attached hydrogen (secondary N) is 2. The van der Waals surface area contributed by atoms with Crippen molar-refractivity contribution in [3.63, 3.8) is 0 Å². The number of hydrogen-bond acceptors (Lipinski definition) is 7. The minimum absolute atomic E-state index is 0.112. The number of ketones is 2. The van der Waals surface area contributed by atoms with Crippen molar-refractivity contribution in [3.8, 4) is 11.5 Å². The van der Waals surface area contributed by atoms with Crippen molar-refractivity contribution in [1.82, 2.24) is 5.32 Å². The van der Waals surface area contributed by atoms with E-state index in [1.807, 2.05) is 30.3 Å². The molecule has 0 aliphatic heterocycles. The first-order valence-electron chi connectivity index (χ1n) is 11.6. The molecule has 0 bridgehead atoms. The molecule has 2 N–H and O–H groups in total. The number of ether oxygens (including phenoxy) is 2. The highest BCUT2D eigenvalue weighted by atomic mass is 32.2. The van der Waals surface area contributed by atoms with Crippen molar-refractivity contribution in [1.29, 1.82) is 0 Å². The Bertz CT molecular complexity index is 1400. The van der Waals surface area contributed by atoms with Crippen LogP contribution in [0.4, 0.5) is 5.69 Å². The first kappa shape index (κ1) is 26.4. The van der Waals surface area contributed by atoms with E-state index in [1.165, 1.54) is 13.0 Å². The highest BCUT2D eigenvalue weighted by molar-refractivity contribution is 8.04. The molecule has 1 aliphatic carbocycles. The number of allylic oxidation sites excluding steroid dienone is 3. The van der Waals surface area contributed by atoms with Gasteiger partial charge in [-0.1, -0.05) is 42.1 Å². The molecule has 0 fully saturated rings. The SMILES string of the molecule is CC(=O)Nc1ccc(SC2=CC(=O)C(NC(=O)COc3ccc(OCc4ccccc4)cc3)=CC2=O)cc1. The number of hydrogen-bond donors (Lipinski definition) is 2. The predicted molar refractivity (Wildman–Crippen MR) is 144 cm³/mol. The Morgan fingerprint density at radius 3 is 2.08 bits per heavy atom. The van der Waals surface area contributed by atoms with Gasteiger partial charge in [-0.25, -0.2) is 0 Å². The third-order valence-corrected chi connectivity index (χ3v) is 6.21. The predicted octanol–water partition coefficient (Wildman–Crippen LogP) is 4.43. The standard InChI is InChI=1S/C29H24N2O6S/c1-19(32)30-21-7-13-24(14-8-21)38-28-16-26(33)25(15-27(28)34)31-29(35)18-37-23-11-9-22(10-12-23)36-17-20-5-3-2-4-6-20/h2-16H,17-18H2,1H3,(H,30,32)(H,31,35). The lowest BCUT2D eigenvalue weighted by atomic mass is 10.1. The molecule has 4 rings (SSSR count). The molecule has 8 nitrogen and oxygen atoms in total. The maximum atomic E-state index is 12.5. The van der Waals surface area contributed by atoms with Crippen LogP contribution >= 0.6 is 11.8 Å². The third-order valence-electron chi connectivity index (χ3n) is 5.16. The van der Waals surface area contributed by atoms with Gasteiger partial charge in [0.2, 0.25) is 11.7 Å². The van der Waals surface area contributed by atoms with Crippen molar-refractivity contribution in [2.75, 3.05) is 11.9 Å². The average molecular weight is 529 g/mol. The van der Waals surface area contributed by atoms with Gasteiger partial charge in [0, 0.05) is 29.7 Å². The monoisotopic (exact) mass is 528 g/mol. The minimum Gasteiger partial charge on any atom is -0.489 e. The number of carbonyl (C=O) groups is 4. The van der Waals surface area contributed by atoms with Crippen molar-refractivity contribution in [2.24, 2.45) is 0 Å². The van der Waals surface area contributed by atoms with Gasteiger partial charge in [0.05, 0.1) is 10.6 Å². The minimum atomic E-state index is -0.570.